The zero-order valence-electron chi connectivity index (χ0n) is 61.2. The van der Waals surface area contributed by atoms with Gasteiger partial charge in [-0.25, -0.2) is 0 Å². The summed E-state index contributed by atoms with van der Waals surface area (Å²) in [5, 5.41) is 2.64. The van der Waals surface area contributed by atoms with Gasteiger partial charge in [-0.2, -0.15) is 0 Å². The second kappa shape index (κ2) is 26.0. The van der Waals surface area contributed by atoms with Crippen molar-refractivity contribution in [3.63, 3.8) is 0 Å². The average Bonchev–Trinajstić information content (AvgIpc) is 0.840. The molecule has 0 spiro atoms. The summed E-state index contributed by atoms with van der Waals surface area (Å²) in [6.07, 6.45) is 4.40. The van der Waals surface area contributed by atoms with Gasteiger partial charge in [-0.05, 0) is 200 Å². The first-order valence-corrected chi connectivity index (χ1v) is 36.7. The first-order valence-electron chi connectivity index (χ1n) is 36.7. The van der Waals surface area contributed by atoms with Gasteiger partial charge in [0.25, 0.3) is 6.71 Å². The van der Waals surface area contributed by atoms with Crippen LogP contribution in [0.15, 0.2) is 261 Å². The van der Waals surface area contributed by atoms with Gasteiger partial charge < -0.3 is 14.4 Å². The minimum atomic E-state index is -0.115. The molecule has 0 aliphatic carbocycles. The molecule has 0 bridgehead atoms. The van der Waals surface area contributed by atoms with E-state index < -0.39 is 0 Å². The lowest BCUT2D eigenvalue weighted by atomic mass is 9.33. The lowest BCUT2D eigenvalue weighted by Gasteiger charge is -2.45. The molecule has 0 N–H and O–H groups in total. The van der Waals surface area contributed by atoms with Crippen LogP contribution in [0.4, 0.5) is 22.7 Å². The second-order valence-corrected chi connectivity index (χ2v) is 32.8. The van der Waals surface area contributed by atoms with Crippen LogP contribution in [0.25, 0.3) is 77.4 Å². The third-order valence-corrected chi connectivity index (χ3v) is 21.7. The molecule has 4 heteroatoms. The average molecular weight is 1300 g/mol. The number of unbranched alkanes of at least 4 members (excludes halogenated alkanes) is 2. The van der Waals surface area contributed by atoms with Crippen LogP contribution in [-0.2, 0) is 47.7 Å². The lowest BCUT2D eigenvalue weighted by molar-refractivity contribution is 0.590. The molecule has 0 fully saturated rings. The summed E-state index contributed by atoms with van der Waals surface area (Å²) in [6, 6.07) is 101. The number of aryl methyl sites for hydroxylation is 1. The maximum Gasteiger partial charge on any atom is 0.252 e. The number of anilines is 4. The van der Waals surface area contributed by atoms with Gasteiger partial charge in [-0.1, -0.05) is 315 Å². The molecule has 1 aromatic heterocycles. The third kappa shape index (κ3) is 12.5. The van der Waals surface area contributed by atoms with Crippen LogP contribution in [0.1, 0.15) is 154 Å². The highest BCUT2D eigenvalue weighted by atomic mass is 15.2. The number of aromatic nitrogens is 1. The Bertz CT molecular complexity index is 5000. The van der Waals surface area contributed by atoms with Gasteiger partial charge >= 0.3 is 0 Å². The fourth-order valence-electron chi connectivity index (χ4n) is 16.0. The summed E-state index contributed by atoms with van der Waals surface area (Å²) in [5.41, 5.74) is 34.5. The van der Waals surface area contributed by atoms with E-state index in [0.717, 1.165) is 19.3 Å². The van der Waals surface area contributed by atoms with E-state index in [4.69, 9.17) is 0 Å². The van der Waals surface area contributed by atoms with Crippen molar-refractivity contribution in [2.75, 3.05) is 9.80 Å². The molecule has 0 saturated heterocycles. The first-order chi connectivity index (χ1) is 48.1. The molecule has 0 radical (unpaired) electrons. The van der Waals surface area contributed by atoms with Gasteiger partial charge in [0.1, 0.15) is 0 Å². The molecule has 3 nitrogen and oxygen atoms in total. The zero-order chi connectivity index (χ0) is 69.4. The van der Waals surface area contributed by atoms with Crippen LogP contribution in [-0.4, -0.2) is 11.3 Å². The van der Waals surface area contributed by atoms with Gasteiger partial charge in [0.05, 0.1) is 0 Å². The van der Waals surface area contributed by atoms with E-state index in [1.54, 1.807) is 0 Å². The number of hydrogen-bond acceptors (Lipinski definition) is 2. The molecular weight excluding hydrogens is 1210 g/mol. The molecule has 3 heterocycles. The highest BCUT2D eigenvalue weighted by molar-refractivity contribution is 7.00. The van der Waals surface area contributed by atoms with Gasteiger partial charge in [0.2, 0.25) is 0 Å². The number of fused-ring (bicyclic) bond motifs is 7. The van der Waals surface area contributed by atoms with E-state index in [1.165, 1.54) is 168 Å². The zero-order valence-corrected chi connectivity index (χ0v) is 61.2. The largest absolute Gasteiger partial charge is 0.338 e. The Kier molecular flexibility index (Phi) is 17.2. The Morgan fingerprint density at radius 2 is 0.700 bits per heavy atom. The summed E-state index contributed by atoms with van der Waals surface area (Å²) in [5.74, 6) is 0. The Hall–Kier alpha value is -9.90. The standard InChI is InChI=1S/C96H96BN3/c1-14-15-21-32-64-51-90-92-91(52-64)100(63-83-78(69-39-28-19-29-40-69)59-75(96(11,12)13)60-79(83)70-41-30-20-31-42-70)89-53-65(61-98-86-49-45-72(93(2,3)4)55-80(86)81-56-73(94(5,6)7)46-50-87(81)98)43-47-84(89)97(92)85-54-71(66-33-22-16-23-34-66)44-48-88(85)99(90)62-82-76(67-35-24-17-25-36-67)57-74(95(8,9)10)58-77(82)68-37-26-18-27-38-68/h16-20,22-31,33-60H,14-15,21,32,61-63H2,1-13H3. The fourth-order valence-corrected chi connectivity index (χ4v) is 16.0. The Morgan fingerprint density at radius 3 is 1.11 bits per heavy atom. The van der Waals surface area contributed by atoms with Crippen molar-refractivity contribution in [2.45, 2.75) is 157 Å². The van der Waals surface area contributed by atoms with Crippen LogP contribution in [0.3, 0.4) is 0 Å². The highest BCUT2D eigenvalue weighted by Crippen LogP contribution is 2.48. The number of hydrogen-bond donors (Lipinski definition) is 0. The molecule has 0 atom stereocenters. The van der Waals surface area contributed by atoms with Gasteiger partial charge in [-0.3, -0.25) is 0 Å². The fraction of sp³-hybridized carbons (Fsp3) is 0.250. The molecule has 0 amide bonds. The molecule has 2 aliphatic rings. The minimum absolute atomic E-state index is 0.00339. The summed E-state index contributed by atoms with van der Waals surface area (Å²) >= 11 is 0. The van der Waals surface area contributed by atoms with Crippen molar-refractivity contribution in [2.24, 2.45) is 0 Å². The number of benzene rings is 12. The monoisotopic (exact) mass is 1300 g/mol. The summed E-state index contributed by atoms with van der Waals surface area (Å²) < 4.78 is 2.62. The van der Waals surface area contributed by atoms with Gasteiger partial charge in [0, 0.05) is 64.2 Å². The van der Waals surface area contributed by atoms with E-state index in [0.29, 0.717) is 19.6 Å². The highest BCUT2D eigenvalue weighted by Gasteiger charge is 2.44. The topological polar surface area (TPSA) is 11.4 Å². The smallest absolute Gasteiger partial charge is 0.252 e. The van der Waals surface area contributed by atoms with Crippen LogP contribution >= 0.6 is 0 Å². The van der Waals surface area contributed by atoms with E-state index in [1.807, 2.05) is 0 Å². The molecule has 100 heavy (non-hydrogen) atoms. The Balaban J connectivity index is 1.03. The van der Waals surface area contributed by atoms with Crippen LogP contribution in [0.5, 0.6) is 0 Å². The molecule has 498 valence electrons. The van der Waals surface area contributed by atoms with Gasteiger partial charge in [0.15, 0.2) is 0 Å². The lowest BCUT2D eigenvalue weighted by Crippen LogP contribution is -2.62. The molecule has 13 aromatic rings. The maximum atomic E-state index is 2.80. The second-order valence-electron chi connectivity index (χ2n) is 32.8. The molecular formula is C96H96BN3. The third-order valence-electron chi connectivity index (χ3n) is 21.7. The first kappa shape index (κ1) is 66.0. The van der Waals surface area contributed by atoms with E-state index in [9.17, 15) is 0 Å². The Morgan fingerprint density at radius 1 is 0.300 bits per heavy atom. The van der Waals surface area contributed by atoms with Crippen LogP contribution in [0, 0.1) is 0 Å². The summed E-state index contributed by atoms with van der Waals surface area (Å²) in [4.78, 5) is 5.55. The molecule has 15 rings (SSSR count). The predicted octanol–water partition coefficient (Wildman–Crippen LogP) is 23.9. The summed E-state index contributed by atoms with van der Waals surface area (Å²) in [6.45, 7) is 32.5. The van der Waals surface area contributed by atoms with Crippen molar-refractivity contribution in [1.29, 1.82) is 0 Å². The molecule has 0 unspecified atom stereocenters. The van der Waals surface area contributed by atoms with Gasteiger partial charge in [-0.15, -0.1) is 0 Å². The Labute approximate surface area is 596 Å². The molecule has 12 aromatic carbocycles. The summed E-state index contributed by atoms with van der Waals surface area (Å²) in [7, 11) is 0. The van der Waals surface area contributed by atoms with Crippen molar-refractivity contribution in [1.82, 2.24) is 4.57 Å². The predicted molar refractivity (Wildman–Crippen MR) is 432 cm³/mol. The number of rotatable bonds is 15. The van der Waals surface area contributed by atoms with Crippen LogP contribution in [0.2, 0.25) is 0 Å². The van der Waals surface area contributed by atoms with Crippen molar-refractivity contribution in [3.05, 3.63) is 305 Å². The van der Waals surface area contributed by atoms with E-state index in [-0.39, 0.29) is 28.4 Å². The van der Waals surface area contributed by atoms with E-state index in [2.05, 4.69) is 365 Å². The minimum Gasteiger partial charge on any atom is -0.338 e. The quantitative estimate of drug-likeness (QED) is 0.0749. The van der Waals surface area contributed by atoms with E-state index >= 15 is 0 Å². The van der Waals surface area contributed by atoms with Crippen molar-refractivity contribution in [3.8, 4) is 55.6 Å². The van der Waals surface area contributed by atoms with Crippen molar-refractivity contribution >= 4 is 67.7 Å². The molecule has 0 saturated carbocycles. The van der Waals surface area contributed by atoms with Crippen LogP contribution < -0.4 is 26.2 Å². The molecule has 2 aliphatic heterocycles. The van der Waals surface area contributed by atoms with Crippen molar-refractivity contribution < 1.29 is 0 Å². The number of nitrogens with zero attached hydrogens (tertiary/aromatic N) is 3. The SMILES string of the molecule is CCCCCc1cc2c3c(c1)N(Cc1c(-c4ccccc4)cc(C(C)(C)C)cc1-c1ccccc1)c1cc(Cn4c5ccc(C(C)(C)C)cc5c5cc(C(C)(C)C)ccc54)ccc1B3c1cc(-c3ccccc3)ccc1N2Cc1c(-c2ccccc2)cc(C(C)(C)C)cc1-c1ccccc1. The maximum absolute atomic E-state index is 2.80. The normalized spacial score (nSPS) is 13.1.